The SMILES string of the molecule is CC.CCI(C)c1ccc(C)cc1. The number of aryl methyl sites for hydroxylation is 1. The molecule has 1 aromatic carbocycles. The van der Waals surface area contributed by atoms with Gasteiger partial charge in [-0.3, -0.25) is 0 Å². The predicted molar refractivity (Wildman–Crippen MR) is 71.7 cm³/mol. The fourth-order valence-corrected chi connectivity index (χ4v) is 3.37. The van der Waals surface area contributed by atoms with Crippen molar-refractivity contribution in [2.75, 3.05) is 9.36 Å². The van der Waals surface area contributed by atoms with E-state index in [1.807, 2.05) is 13.8 Å². The summed E-state index contributed by atoms with van der Waals surface area (Å²) in [6.07, 6.45) is 0. The van der Waals surface area contributed by atoms with Gasteiger partial charge in [0.05, 0.1) is 0 Å². The van der Waals surface area contributed by atoms with Gasteiger partial charge in [0.25, 0.3) is 0 Å². The van der Waals surface area contributed by atoms with Gasteiger partial charge in [-0.05, 0) is 0 Å². The Hall–Kier alpha value is -0.0500. The molecular formula is C12H21I. The van der Waals surface area contributed by atoms with Crippen molar-refractivity contribution in [2.45, 2.75) is 27.7 Å². The summed E-state index contributed by atoms with van der Waals surface area (Å²) in [5, 5.41) is 0. The normalized spacial score (nSPS) is 10.1. The van der Waals surface area contributed by atoms with E-state index in [-0.39, 0.29) is 0 Å². The second kappa shape index (κ2) is 7.36. The van der Waals surface area contributed by atoms with Crippen molar-refractivity contribution in [3.05, 3.63) is 33.4 Å². The molecular weight excluding hydrogens is 271 g/mol. The van der Waals surface area contributed by atoms with Crippen molar-refractivity contribution in [2.24, 2.45) is 0 Å². The molecule has 0 N–H and O–H groups in total. The minimum absolute atomic E-state index is 0.722. The van der Waals surface area contributed by atoms with Crippen LogP contribution in [0.15, 0.2) is 24.3 Å². The van der Waals surface area contributed by atoms with Crippen LogP contribution in [0.2, 0.25) is 0 Å². The molecule has 0 fully saturated rings. The second-order valence-electron chi connectivity index (χ2n) is 2.65. The van der Waals surface area contributed by atoms with E-state index >= 15 is 0 Å². The molecule has 1 heteroatoms. The summed E-state index contributed by atoms with van der Waals surface area (Å²) >= 11 is -0.722. The molecule has 0 nitrogen and oxygen atoms in total. The first-order valence-corrected chi connectivity index (χ1v) is 9.62. The molecule has 0 bridgehead atoms. The van der Waals surface area contributed by atoms with Gasteiger partial charge in [-0.1, -0.05) is 13.8 Å². The standard InChI is InChI=1S/C10H15I.C2H6/c1-4-11(3)10-7-5-9(2)6-8-10;1-2/h5-8H,4H2,1-3H3;1-2H3. The topological polar surface area (TPSA) is 0 Å². The van der Waals surface area contributed by atoms with E-state index in [1.165, 1.54) is 9.99 Å². The Bertz CT molecular complexity index is 213. The summed E-state index contributed by atoms with van der Waals surface area (Å²) in [6.45, 7) is 8.44. The molecule has 0 radical (unpaired) electrons. The molecule has 0 aliphatic heterocycles. The van der Waals surface area contributed by atoms with Gasteiger partial charge in [-0.15, -0.1) is 0 Å². The van der Waals surface area contributed by atoms with Crippen LogP contribution < -0.4 is 0 Å². The van der Waals surface area contributed by atoms with Gasteiger partial charge in [0, 0.05) is 0 Å². The molecule has 0 aliphatic carbocycles. The van der Waals surface area contributed by atoms with Crippen molar-refractivity contribution in [1.29, 1.82) is 0 Å². The van der Waals surface area contributed by atoms with Crippen LogP contribution in [0, 0.1) is 10.5 Å². The maximum atomic E-state index is 2.43. The predicted octanol–water partition coefficient (Wildman–Crippen LogP) is 4.35. The van der Waals surface area contributed by atoms with Crippen LogP contribution in [-0.4, -0.2) is 9.36 Å². The molecule has 0 heterocycles. The van der Waals surface area contributed by atoms with E-state index in [1.54, 1.807) is 3.57 Å². The molecule has 76 valence electrons. The zero-order valence-corrected chi connectivity index (χ0v) is 11.6. The molecule has 0 aromatic heterocycles. The maximum absolute atomic E-state index is 2.43. The van der Waals surface area contributed by atoms with Gasteiger partial charge in [-0.25, -0.2) is 0 Å². The molecule has 0 unspecified atom stereocenters. The fraction of sp³-hybridized carbons (Fsp3) is 0.500. The van der Waals surface area contributed by atoms with Gasteiger partial charge in [0.2, 0.25) is 0 Å². The molecule has 0 atom stereocenters. The number of hydrogen-bond donors (Lipinski definition) is 0. The molecule has 1 aromatic rings. The fourth-order valence-electron chi connectivity index (χ4n) is 0.903. The zero-order chi connectivity index (χ0) is 10.3. The molecule has 0 amide bonds. The third-order valence-electron chi connectivity index (χ3n) is 1.78. The molecule has 1 rings (SSSR count). The third kappa shape index (κ3) is 4.65. The van der Waals surface area contributed by atoms with Gasteiger partial charge < -0.3 is 0 Å². The summed E-state index contributed by atoms with van der Waals surface area (Å²) in [5.41, 5.74) is 1.37. The van der Waals surface area contributed by atoms with Gasteiger partial charge >= 0.3 is 76.4 Å². The van der Waals surface area contributed by atoms with E-state index < -0.39 is 19.8 Å². The third-order valence-corrected chi connectivity index (χ3v) is 6.92. The summed E-state index contributed by atoms with van der Waals surface area (Å²) in [6, 6.07) is 9.03. The first-order valence-electron chi connectivity index (χ1n) is 4.86. The first-order chi connectivity index (χ1) is 6.24. The van der Waals surface area contributed by atoms with Crippen LogP contribution in [0.1, 0.15) is 26.3 Å². The van der Waals surface area contributed by atoms with Crippen LogP contribution in [0.4, 0.5) is 0 Å². The number of benzene rings is 1. The Morgan fingerprint density at radius 1 is 1.08 bits per heavy atom. The second-order valence-corrected chi connectivity index (χ2v) is 8.79. The molecule has 0 saturated heterocycles. The van der Waals surface area contributed by atoms with E-state index in [0.717, 1.165) is 0 Å². The van der Waals surface area contributed by atoms with Crippen LogP contribution in [0.5, 0.6) is 0 Å². The van der Waals surface area contributed by atoms with Gasteiger partial charge in [0.1, 0.15) is 0 Å². The average molecular weight is 292 g/mol. The summed E-state index contributed by atoms with van der Waals surface area (Å²) < 4.78 is 3.00. The Balaban J connectivity index is 0.000000671. The van der Waals surface area contributed by atoms with Crippen LogP contribution >= 0.6 is 19.8 Å². The van der Waals surface area contributed by atoms with Crippen LogP contribution in [-0.2, 0) is 0 Å². The van der Waals surface area contributed by atoms with E-state index in [4.69, 9.17) is 0 Å². The number of rotatable bonds is 2. The monoisotopic (exact) mass is 292 g/mol. The van der Waals surface area contributed by atoms with Crippen LogP contribution in [0.3, 0.4) is 0 Å². The van der Waals surface area contributed by atoms with Crippen molar-refractivity contribution >= 4 is 19.8 Å². The molecule has 0 saturated carbocycles. The van der Waals surface area contributed by atoms with E-state index in [9.17, 15) is 0 Å². The molecule has 13 heavy (non-hydrogen) atoms. The minimum atomic E-state index is -0.722. The summed E-state index contributed by atoms with van der Waals surface area (Å²) in [5.74, 6) is 0. The first kappa shape index (κ1) is 12.9. The number of halogens is 1. The number of hydrogen-bond acceptors (Lipinski definition) is 0. The van der Waals surface area contributed by atoms with Crippen LogP contribution in [0.25, 0.3) is 0 Å². The van der Waals surface area contributed by atoms with E-state index in [0.29, 0.717) is 0 Å². The quantitative estimate of drug-likeness (QED) is 0.561. The number of alkyl halides is 2. The van der Waals surface area contributed by atoms with Crippen molar-refractivity contribution < 1.29 is 0 Å². The van der Waals surface area contributed by atoms with Gasteiger partial charge in [0.15, 0.2) is 0 Å². The molecule has 0 aliphatic rings. The Labute approximate surface area is 90.1 Å². The van der Waals surface area contributed by atoms with Crippen molar-refractivity contribution in [1.82, 2.24) is 0 Å². The zero-order valence-electron chi connectivity index (χ0n) is 9.39. The van der Waals surface area contributed by atoms with Crippen molar-refractivity contribution in [3.8, 4) is 0 Å². The van der Waals surface area contributed by atoms with Gasteiger partial charge in [-0.2, -0.15) is 0 Å². The average Bonchev–Trinajstić information content (AvgIpc) is 2.21. The van der Waals surface area contributed by atoms with E-state index in [2.05, 4.69) is 43.0 Å². The summed E-state index contributed by atoms with van der Waals surface area (Å²) in [4.78, 5) is 2.43. The van der Waals surface area contributed by atoms with Crippen molar-refractivity contribution in [3.63, 3.8) is 0 Å². The Morgan fingerprint density at radius 3 is 1.92 bits per heavy atom. The Morgan fingerprint density at radius 2 is 1.54 bits per heavy atom. The summed E-state index contributed by atoms with van der Waals surface area (Å²) in [7, 11) is 0. The Kier molecular flexibility index (Phi) is 7.33. The molecule has 0 spiro atoms.